The van der Waals surface area contributed by atoms with Crippen molar-refractivity contribution in [3.05, 3.63) is 29.3 Å². The van der Waals surface area contributed by atoms with Crippen LogP contribution in [0.5, 0.6) is 0 Å². The molecule has 1 aliphatic heterocycles. The third kappa shape index (κ3) is 3.03. The van der Waals surface area contributed by atoms with Crippen molar-refractivity contribution < 1.29 is 13.2 Å². The molecule has 0 saturated carbocycles. The van der Waals surface area contributed by atoms with Crippen LogP contribution in [0.4, 0.5) is 0 Å². The molecular weight excluding hydrogens is 276 g/mol. The minimum Gasteiger partial charge on any atom is -0.371 e. The molecule has 6 heteroatoms. The Morgan fingerprint density at radius 2 is 2.05 bits per heavy atom. The van der Waals surface area contributed by atoms with E-state index in [1.165, 1.54) is 4.31 Å². The Kier molecular flexibility index (Phi) is 4.49. The fourth-order valence-corrected chi connectivity index (χ4v) is 4.31. The lowest BCUT2D eigenvalue weighted by molar-refractivity contribution is -0.0486. The van der Waals surface area contributed by atoms with Crippen LogP contribution in [0.3, 0.4) is 0 Å². The predicted molar refractivity (Wildman–Crippen MR) is 78.1 cm³/mol. The summed E-state index contributed by atoms with van der Waals surface area (Å²) in [4.78, 5) is 0.368. The van der Waals surface area contributed by atoms with Gasteiger partial charge in [-0.2, -0.15) is 4.31 Å². The van der Waals surface area contributed by atoms with E-state index in [9.17, 15) is 8.42 Å². The van der Waals surface area contributed by atoms with E-state index in [4.69, 9.17) is 10.5 Å². The van der Waals surface area contributed by atoms with Crippen LogP contribution in [0.25, 0.3) is 0 Å². The summed E-state index contributed by atoms with van der Waals surface area (Å²) >= 11 is 0. The van der Waals surface area contributed by atoms with E-state index < -0.39 is 10.0 Å². The number of nitrogens with zero attached hydrogens (tertiary/aromatic N) is 1. The molecule has 0 aliphatic carbocycles. The van der Waals surface area contributed by atoms with E-state index in [0.29, 0.717) is 24.5 Å². The Balaban J connectivity index is 2.34. The van der Waals surface area contributed by atoms with E-state index in [0.717, 1.165) is 11.1 Å². The molecule has 2 N–H and O–H groups in total. The smallest absolute Gasteiger partial charge is 0.243 e. The molecule has 1 aromatic carbocycles. The molecule has 1 fully saturated rings. The third-order valence-electron chi connectivity index (χ3n) is 3.50. The zero-order chi connectivity index (χ0) is 14.9. The van der Waals surface area contributed by atoms with Crippen LogP contribution in [-0.4, -0.2) is 44.6 Å². The summed E-state index contributed by atoms with van der Waals surface area (Å²) in [7, 11) is -3.49. The van der Waals surface area contributed by atoms with Crippen molar-refractivity contribution in [2.24, 2.45) is 5.73 Å². The first-order chi connectivity index (χ1) is 9.34. The highest BCUT2D eigenvalue weighted by atomic mass is 32.2. The predicted octanol–water partition coefficient (Wildman–Crippen LogP) is 1.04. The molecule has 2 atom stereocenters. The van der Waals surface area contributed by atoms with Gasteiger partial charge in [-0.15, -0.1) is 0 Å². The van der Waals surface area contributed by atoms with Gasteiger partial charge in [-0.25, -0.2) is 8.42 Å². The highest BCUT2D eigenvalue weighted by Gasteiger charge is 2.33. The molecule has 20 heavy (non-hydrogen) atoms. The maximum Gasteiger partial charge on any atom is 0.243 e. The number of hydrogen-bond acceptors (Lipinski definition) is 4. The van der Waals surface area contributed by atoms with E-state index in [-0.39, 0.29) is 12.2 Å². The molecule has 0 amide bonds. The van der Waals surface area contributed by atoms with Crippen molar-refractivity contribution in [2.75, 3.05) is 19.6 Å². The number of morpholine rings is 1. The van der Waals surface area contributed by atoms with Gasteiger partial charge in [-0.3, -0.25) is 0 Å². The third-order valence-corrected chi connectivity index (χ3v) is 5.50. The molecule has 1 heterocycles. The van der Waals surface area contributed by atoms with Gasteiger partial charge < -0.3 is 10.5 Å². The van der Waals surface area contributed by atoms with Gasteiger partial charge in [0.15, 0.2) is 0 Å². The van der Waals surface area contributed by atoms with Crippen molar-refractivity contribution in [1.82, 2.24) is 4.31 Å². The summed E-state index contributed by atoms with van der Waals surface area (Å²) < 4.78 is 32.6. The summed E-state index contributed by atoms with van der Waals surface area (Å²) in [6, 6.07) is 5.39. The molecule has 0 radical (unpaired) electrons. The SMILES string of the molecule is Cc1ccc(S(=O)(=O)N2CC(C)OC(CN)C2)c(C)c1. The Bertz CT molecular complexity index is 586. The van der Waals surface area contributed by atoms with Gasteiger partial charge in [-0.05, 0) is 32.4 Å². The normalized spacial score (nSPS) is 24.8. The van der Waals surface area contributed by atoms with Gasteiger partial charge in [0.2, 0.25) is 10.0 Å². The van der Waals surface area contributed by atoms with Gasteiger partial charge in [0.1, 0.15) is 0 Å². The van der Waals surface area contributed by atoms with Crippen LogP contribution in [0.2, 0.25) is 0 Å². The lowest BCUT2D eigenvalue weighted by Crippen LogP contribution is -2.51. The van der Waals surface area contributed by atoms with Crippen LogP contribution in [-0.2, 0) is 14.8 Å². The van der Waals surface area contributed by atoms with Gasteiger partial charge >= 0.3 is 0 Å². The zero-order valence-corrected chi connectivity index (χ0v) is 13.0. The summed E-state index contributed by atoms with van der Waals surface area (Å²) in [5.74, 6) is 0. The van der Waals surface area contributed by atoms with E-state index in [2.05, 4.69) is 0 Å². The molecule has 0 bridgehead atoms. The number of aryl methyl sites for hydroxylation is 2. The van der Waals surface area contributed by atoms with Crippen LogP contribution >= 0.6 is 0 Å². The number of nitrogens with two attached hydrogens (primary N) is 1. The number of hydrogen-bond donors (Lipinski definition) is 1. The quantitative estimate of drug-likeness (QED) is 0.905. The topological polar surface area (TPSA) is 72.6 Å². The van der Waals surface area contributed by atoms with Crippen LogP contribution < -0.4 is 5.73 Å². The summed E-state index contributed by atoms with van der Waals surface area (Å²) in [6.45, 7) is 6.65. The minimum absolute atomic E-state index is 0.141. The van der Waals surface area contributed by atoms with Crippen molar-refractivity contribution in [1.29, 1.82) is 0 Å². The first-order valence-electron chi connectivity index (χ1n) is 6.77. The molecule has 1 aliphatic rings. The number of sulfonamides is 1. The summed E-state index contributed by atoms with van der Waals surface area (Å²) in [5.41, 5.74) is 7.44. The van der Waals surface area contributed by atoms with Crippen molar-refractivity contribution in [3.63, 3.8) is 0 Å². The van der Waals surface area contributed by atoms with Crippen LogP contribution in [0.15, 0.2) is 23.1 Å². The van der Waals surface area contributed by atoms with Gasteiger partial charge in [-0.1, -0.05) is 17.7 Å². The monoisotopic (exact) mass is 298 g/mol. The lowest BCUT2D eigenvalue weighted by Gasteiger charge is -2.35. The van der Waals surface area contributed by atoms with Crippen molar-refractivity contribution in [2.45, 2.75) is 37.9 Å². The van der Waals surface area contributed by atoms with E-state index >= 15 is 0 Å². The molecular formula is C14H22N2O3S. The minimum atomic E-state index is -3.49. The van der Waals surface area contributed by atoms with Gasteiger partial charge in [0, 0.05) is 19.6 Å². The first kappa shape index (κ1) is 15.4. The molecule has 2 rings (SSSR count). The molecule has 1 saturated heterocycles. The Labute approximate surface area is 120 Å². The second-order valence-electron chi connectivity index (χ2n) is 5.40. The molecule has 0 aromatic heterocycles. The Morgan fingerprint density at radius 1 is 1.35 bits per heavy atom. The molecule has 0 spiro atoms. The first-order valence-corrected chi connectivity index (χ1v) is 8.21. The van der Waals surface area contributed by atoms with Crippen LogP contribution in [0, 0.1) is 13.8 Å². The summed E-state index contributed by atoms with van der Waals surface area (Å²) in [6.07, 6.45) is -0.378. The van der Waals surface area contributed by atoms with E-state index in [1.807, 2.05) is 32.9 Å². The van der Waals surface area contributed by atoms with Crippen LogP contribution in [0.1, 0.15) is 18.1 Å². The second kappa shape index (κ2) is 5.81. The Hall–Kier alpha value is -0.950. The fraction of sp³-hybridized carbons (Fsp3) is 0.571. The second-order valence-corrected chi connectivity index (χ2v) is 7.30. The standard InChI is InChI=1S/C14H22N2O3S/c1-10-4-5-14(11(2)6-10)20(17,18)16-8-12(3)19-13(7-15)9-16/h4-6,12-13H,7-9,15H2,1-3H3. The largest absolute Gasteiger partial charge is 0.371 e. The summed E-state index contributed by atoms with van der Waals surface area (Å²) in [5, 5.41) is 0. The average molecular weight is 298 g/mol. The highest BCUT2D eigenvalue weighted by molar-refractivity contribution is 7.89. The average Bonchev–Trinajstić information content (AvgIpc) is 2.37. The molecule has 112 valence electrons. The number of benzene rings is 1. The molecule has 5 nitrogen and oxygen atoms in total. The van der Waals surface area contributed by atoms with Crippen molar-refractivity contribution >= 4 is 10.0 Å². The Morgan fingerprint density at radius 3 is 2.65 bits per heavy atom. The molecule has 2 unspecified atom stereocenters. The van der Waals surface area contributed by atoms with Gasteiger partial charge in [0.25, 0.3) is 0 Å². The van der Waals surface area contributed by atoms with E-state index in [1.54, 1.807) is 6.07 Å². The van der Waals surface area contributed by atoms with Crippen molar-refractivity contribution in [3.8, 4) is 0 Å². The highest BCUT2D eigenvalue weighted by Crippen LogP contribution is 2.24. The maximum absolute atomic E-state index is 12.8. The number of ether oxygens (including phenoxy) is 1. The maximum atomic E-state index is 12.8. The molecule has 1 aromatic rings. The fourth-order valence-electron chi connectivity index (χ4n) is 2.56. The lowest BCUT2D eigenvalue weighted by atomic mass is 10.2. The number of rotatable bonds is 3. The zero-order valence-electron chi connectivity index (χ0n) is 12.2. The van der Waals surface area contributed by atoms with Gasteiger partial charge in [0.05, 0.1) is 17.1 Å².